The number of anilines is 1. The van der Waals surface area contributed by atoms with Crippen LogP contribution in [0.25, 0.3) is 28.0 Å². The van der Waals surface area contributed by atoms with Crippen LogP contribution in [-0.4, -0.2) is 48.7 Å². The van der Waals surface area contributed by atoms with Gasteiger partial charge in [0.2, 0.25) is 5.95 Å². The highest BCUT2D eigenvalue weighted by Gasteiger charge is 2.26. The van der Waals surface area contributed by atoms with E-state index in [1.807, 2.05) is 56.3 Å². The molecule has 3 aromatic heterocycles. The first-order valence-corrected chi connectivity index (χ1v) is 10.9. The van der Waals surface area contributed by atoms with E-state index in [2.05, 4.69) is 21.9 Å². The molecule has 164 valence electrons. The number of pyridine rings is 1. The van der Waals surface area contributed by atoms with Crippen LogP contribution in [0.15, 0.2) is 47.3 Å². The van der Waals surface area contributed by atoms with Gasteiger partial charge in [0.25, 0.3) is 0 Å². The number of aryl methyl sites for hydroxylation is 2. The Balaban J connectivity index is 1.80. The number of fused-ring (bicyclic) bond motifs is 1. The second kappa shape index (κ2) is 7.87. The predicted molar refractivity (Wildman–Crippen MR) is 125 cm³/mol. The molecule has 32 heavy (non-hydrogen) atoms. The quantitative estimate of drug-likeness (QED) is 0.536. The second-order valence-corrected chi connectivity index (χ2v) is 8.60. The maximum atomic E-state index is 13.3. The van der Waals surface area contributed by atoms with Crippen molar-refractivity contribution < 1.29 is 0 Å². The van der Waals surface area contributed by atoms with Crippen molar-refractivity contribution in [2.75, 3.05) is 19.3 Å². The summed E-state index contributed by atoms with van der Waals surface area (Å²) in [7, 11) is 2.09. The number of aromatic nitrogens is 5. The highest BCUT2D eigenvalue weighted by Crippen LogP contribution is 2.34. The number of benzene rings is 1. The van der Waals surface area contributed by atoms with Crippen molar-refractivity contribution >= 4 is 11.6 Å². The van der Waals surface area contributed by atoms with Crippen LogP contribution in [0, 0.1) is 13.8 Å². The van der Waals surface area contributed by atoms with Crippen molar-refractivity contribution in [2.24, 2.45) is 0 Å². The van der Waals surface area contributed by atoms with E-state index in [-0.39, 0.29) is 17.7 Å². The molecule has 1 aliphatic rings. The largest absolute Gasteiger partial charge is 0.369 e. The van der Waals surface area contributed by atoms with E-state index in [9.17, 15) is 4.79 Å². The van der Waals surface area contributed by atoms with Gasteiger partial charge in [0.1, 0.15) is 0 Å². The standard InChI is InChI=1S/C24H27N7O/c1-15-12-18(13-16(2)26-15)20-21(17-8-5-4-6-9-17)27-23(25)31-22(20)28-30(24(31)32)14-19-10-7-11-29(19)3/h4-6,8-9,12-13,19H,7,10-11,14H2,1-3H3,(H2,25,27). The van der Waals surface area contributed by atoms with Gasteiger partial charge in [-0.05, 0) is 58.0 Å². The first-order valence-electron chi connectivity index (χ1n) is 10.9. The molecule has 1 fully saturated rings. The summed E-state index contributed by atoms with van der Waals surface area (Å²) in [5.74, 6) is 0.140. The summed E-state index contributed by atoms with van der Waals surface area (Å²) < 4.78 is 2.97. The van der Waals surface area contributed by atoms with Gasteiger partial charge in [-0.1, -0.05) is 30.3 Å². The molecule has 1 atom stereocenters. The van der Waals surface area contributed by atoms with Gasteiger partial charge in [-0.3, -0.25) is 4.98 Å². The molecule has 1 aromatic carbocycles. The smallest absolute Gasteiger partial charge is 0.353 e. The summed E-state index contributed by atoms with van der Waals surface area (Å²) in [6.07, 6.45) is 2.18. The van der Waals surface area contributed by atoms with Gasteiger partial charge in [-0.15, -0.1) is 5.10 Å². The molecule has 0 spiro atoms. The third-order valence-electron chi connectivity index (χ3n) is 6.23. The molecule has 1 aliphatic heterocycles. The lowest BCUT2D eigenvalue weighted by Gasteiger charge is -2.18. The van der Waals surface area contributed by atoms with Gasteiger partial charge in [0, 0.05) is 23.0 Å². The summed E-state index contributed by atoms with van der Waals surface area (Å²) in [4.78, 5) is 24.8. The Morgan fingerprint density at radius 1 is 1.06 bits per heavy atom. The maximum Gasteiger partial charge on any atom is 0.353 e. The fourth-order valence-corrected chi connectivity index (χ4v) is 4.68. The monoisotopic (exact) mass is 429 g/mol. The molecule has 0 amide bonds. The Kier molecular flexibility index (Phi) is 5.01. The molecular formula is C24H27N7O. The average molecular weight is 430 g/mol. The highest BCUT2D eigenvalue weighted by atomic mass is 16.2. The third-order valence-corrected chi connectivity index (χ3v) is 6.23. The minimum Gasteiger partial charge on any atom is -0.369 e. The zero-order chi connectivity index (χ0) is 22.4. The third kappa shape index (κ3) is 3.46. The van der Waals surface area contributed by atoms with Crippen LogP contribution in [0.3, 0.4) is 0 Å². The Morgan fingerprint density at radius 3 is 2.44 bits per heavy atom. The number of nitrogen functional groups attached to an aromatic ring is 1. The maximum absolute atomic E-state index is 13.3. The molecule has 0 saturated carbocycles. The number of likely N-dealkylation sites (tertiary alicyclic amines) is 1. The second-order valence-electron chi connectivity index (χ2n) is 8.60. The first kappa shape index (κ1) is 20.4. The molecular weight excluding hydrogens is 402 g/mol. The molecule has 0 bridgehead atoms. The van der Waals surface area contributed by atoms with Gasteiger partial charge in [0.05, 0.1) is 17.8 Å². The van der Waals surface area contributed by atoms with E-state index >= 15 is 0 Å². The Morgan fingerprint density at radius 2 is 1.78 bits per heavy atom. The van der Waals surface area contributed by atoms with Gasteiger partial charge < -0.3 is 10.6 Å². The number of hydrogen-bond donors (Lipinski definition) is 1. The normalized spacial score (nSPS) is 16.8. The minimum atomic E-state index is -0.256. The molecule has 1 unspecified atom stereocenters. The summed E-state index contributed by atoms with van der Waals surface area (Å²) in [5.41, 5.74) is 11.7. The van der Waals surface area contributed by atoms with Crippen LogP contribution in [0.5, 0.6) is 0 Å². The molecule has 8 heteroatoms. The van der Waals surface area contributed by atoms with Gasteiger partial charge in [0.15, 0.2) is 5.65 Å². The zero-order valence-corrected chi connectivity index (χ0v) is 18.6. The summed E-state index contributed by atoms with van der Waals surface area (Å²) in [6.45, 7) is 5.49. The van der Waals surface area contributed by atoms with E-state index in [4.69, 9.17) is 10.8 Å². The fraction of sp³-hybridized carbons (Fsp3) is 0.333. The molecule has 4 heterocycles. The molecule has 0 aliphatic carbocycles. The van der Waals surface area contributed by atoms with Gasteiger partial charge in [-0.2, -0.15) is 0 Å². The van der Waals surface area contributed by atoms with Crippen molar-refractivity contribution in [1.82, 2.24) is 29.0 Å². The number of nitrogens with zero attached hydrogens (tertiary/aromatic N) is 6. The summed E-state index contributed by atoms with van der Waals surface area (Å²) >= 11 is 0. The van der Waals surface area contributed by atoms with Gasteiger partial charge >= 0.3 is 5.69 Å². The number of likely N-dealkylation sites (N-methyl/N-ethyl adjacent to an activating group) is 1. The Labute approximate surface area is 186 Å². The topological polar surface area (TPSA) is 94.3 Å². The number of rotatable bonds is 4. The highest BCUT2D eigenvalue weighted by molar-refractivity contribution is 5.90. The molecule has 5 rings (SSSR count). The van der Waals surface area contributed by atoms with E-state index in [0.29, 0.717) is 17.9 Å². The van der Waals surface area contributed by atoms with Crippen LogP contribution in [-0.2, 0) is 6.54 Å². The summed E-state index contributed by atoms with van der Waals surface area (Å²) in [6, 6.07) is 14.2. The Bertz CT molecular complexity index is 1340. The van der Waals surface area contributed by atoms with Crippen molar-refractivity contribution in [3.05, 3.63) is 64.3 Å². The van der Waals surface area contributed by atoms with E-state index in [1.54, 1.807) is 4.68 Å². The van der Waals surface area contributed by atoms with E-state index in [1.165, 1.54) is 4.40 Å². The number of hydrogen-bond acceptors (Lipinski definition) is 6. The predicted octanol–water partition coefficient (Wildman–Crippen LogP) is 2.91. The van der Waals surface area contributed by atoms with E-state index in [0.717, 1.165) is 47.5 Å². The van der Waals surface area contributed by atoms with Crippen molar-refractivity contribution in [2.45, 2.75) is 39.3 Å². The molecule has 8 nitrogen and oxygen atoms in total. The summed E-state index contributed by atoms with van der Waals surface area (Å²) in [5, 5.41) is 4.79. The van der Waals surface area contributed by atoms with E-state index < -0.39 is 0 Å². The lowest BCUT2D eigenvalue weighted by Crippen LogP contribution is -2.34. The van der Waals surface area contributed by atoms with Crippen LogP contribution >= 0.6 is 0 Å². The molecule has 2 N–H and O–H groups in total. The van der Waals surface area contributed by atoms with Crippen molar-refractivity contribution in [3.63, 3.8) is 0 Å². The molecule has 4 aromatic rings. The lowest BCUT2D eigenvalue weighted by atomic mass is 9.99. The SMILES string of the molecule is Cc1cc(-c2c(-c3ccccc3)nc(N)n3c(=O)n(CC4CCCN4C)nc23)cc(C)n1. The van der Waals surface area contributed by atoms with Crippen LogP contribution in [0.2, 0.25) is 0 Å². The van der Waals surface area contributed by atoms with Crippen LogP contribution < -0.4 is 11.4 Å². The minimum absolute atomic E-state index is 0.140. The molecule has 1 saturated heterocycles. The molecule has 0 radical (unpaired) electrons. The first-order chi connectivity index (χ1) is 15.4. The van der Waals surface area contributed by atoms with Crippen LogP contribution in [0.1, 0.15) is 24.2 Å². The fourth-order valence-electron chi connectivity index (χ4n) is 4.68. The van der Waals surface area contributed by atoms with Gasteiger partial charge in [-0.25, -0.2) is 18.9 Å². The number of nitrogens with two attached hydrogens (primary N) is 1. The average Bonchev–Trinajstić information content (AvgIpc) is 3.31. The Hall–Kier alpha value is -3.52. The lowest BCUT2D eigenvalue weighted by molar-refractivity contribution is 0.272. The van der Waals surface area contributed by atoms with Crippen molar-refractivity contribution in [1.29, 1.82) is 0 Å². The zero-order valence-electron chi connectivity index (χ0n) is 18.6. The van der Waals surface area contributed by atoms with Crippen LogP contribution in [0.4, 0.5) is 5.95 Å². The van der Waals surface area contributed by atoms with Crippen molar-refractivity contribution in [3.8, 4) is 22.4 Å².